The maximum Gasteiger partial charge on any atom is 0.301 e. The first kappa shape index (κ1) is 23.4. The molecule has 0 unspecified atom stereocenters. The molecule has 2 heterocycles. The molecule has 8 heteroatoms. The highest BCUT2D eigenvalue weighted by atomic mass is 32.1. The molecule has 4 aromatic rings. The van der Waals surface area contributed by atoms with E-state index in [4.69, 9.17) is 4.74 Å². The van der Waals surface area contributed by atoms with Gasteiger partial charge in [-0.25, -0.2) is 9.37 Å². The van der Waals surface area contributed by atoms with E-state index in [1.807, 2.05) is 25.1 Å². The molecule has 3 aromatic carbocycles. The molecular formula is C28H21FN2O4S. The number of benzene rings is 3. The molecule has 0 bridgehead atoms. The fourth-order valence-electron chi connectivity index (χ4n) is 4.13. The van der Waals surface area contributed by atoms with E-state index in [-0.39, 0.29) is 16.9 Å². The minimum Gasteiger partial charge on any atom is -0.507 e. The molecule has 0 radical (unpaired) electrons. The molecule has 1 aromatic heterocycles. The van der Waals surface area contributed by atoms with Crippen molar-refractivity contribution in [1.29, 1.82) is 0 Å². The van der Waals surface area contributed by atoms with Gasteiger partial charge in [0.1, 0.15) is 23.9 Å². The van der Waals surface area contributed by atoms with E-state index in [1.54, 1.807) is 30.3 Å². The van der Waals surface area contributed by atoms with Crippen LogP contribution in [0.5, 0.6) is 5.75 Å². The minimum absolute atomic E-state index is 0.0956. The third-order valence-electron chi connectivity index (χ3n) is 5.86. The molecule has 0 saturated carbocycles. The zero-order chi connectivity index (χ0) is 25.4. The Balaban J connectivity index is 1.68. The van der Waals surface area contributed by atoms with Crippen molar-refractivity contribution in [2.45, 2.75) is 13.0 Å². The number of ketones is 1. The Morgan fingerprint density at radius 3 is 2.56 bits per heavy atom. The molecule has 6 nitrogen and oxygen atoms in total. The predicted octanol–water partition coefficient (Wildman–Crippen LogP) is 5.93. The van der Waals surface area contributed by atoms with Crippen molar-refractivity contribution in [3.05, 3.63) is 107 Å². The van der Waals surface area contributed by atoms with E-state index in [1.165, 1.54) is 40.5 Å². The summed E-state index contributed by atoms with van der Waals surface area (Å²) >= 11 is 1.29. The lowest BCUT2D eigenvalue weighted by molar-refractivity contribution is -0.132. The zero-order valence-electron chi connectivity index (χ0n) is 19.3. The van der Waals surface area contributed by atoms with Crippen LogP contribution in [0, 0.1) is 12.7 Å². The molecule has 0 spiro atoms. The van der Waals surface area contributed by atoms with Crippen LogP contribution < -0.4 is 9.64 Å². The normalized spacial score (nSPS) is 17.1. The molecular weight excluding hydrogens is 479 g/mol. The second-order valence-electron chi connectivity index (χ2n) is 8.31. The first-order valence-electron chi connectivity index (χ1n) is 11.1. The van der Waals surface area contributed by atoms with Gasteiger partial charge >= 0.3 is 5.91 Å². The van der Waals surface area contributed by atoms with Crippen molar-refractivity contribution >= 4 is 44.1 Å². The Labute approximate surface area is 210 Å². The number of hydrogen-bond donors (Lipinski definition) is 1. The van der Waals surface area contributed by atoms with Crippen molar-refractivity contribution in [3.8, 4) is 5.75 Å². The van der Waals surface area contributed by atoms with Crippen LogP contribution >= 0.6 is 11.3 Å². The van der Waals surface area contributed by atoms with Crippen LogP contribution in [-0.2, 0) is 9.59 Å². The molecule has 1 amide bonds. The van der Waals surface area contributed by atoms with Crippen molar-refractivity contribution in [2.24, 2.45) is 0 Å². The lowest BCUT2D eigenvalue weighted by Gasteiger charge is -2.23. The standard InChI is InChI=1S/C28H21FN2O4S/c1-3-14-35-20-11-7-17(8-12-20)24-23(25(32)18-5-9-19(29)10-6-18)26(33)27(34)31(24)28-30-21-13-4-16(2)15-22(21)36-28/h3-13,15,24,32H,1,14H2,2H3/b25-23+/t24-/m1/s1. The molecule has 1 fully saturated rings. The van der Waals surface area contributed by atoms with Crippen molar-refractivity contribution in [1.82, 2.24) is 4.98 Å². The van der Waals surface area contributed by atoms with Crippen LogP contribution in [0.15, 0.2) is 85.0 Å². The van der Waals surface area contributed by atoms with Crippen molar-refractivity contribution < 1.29 is 23.8 Å². The number of thiazole rings is 1. The van der Waals surface area contributed by atoms with E-state index >= 15 is 0 Å². The Morgan fingerprint density at radius 1 is 1.14 bits per heavy atom. The average Bonchev–Trinajstić information content (AvgIpc) is 3.40. The van der Waals surface area contributed by atoms with E-state index in [2.05, 4.69) is 11.6 Å². The van der Waals surface area contributed by atoms with Crippen LogP contribution in [0.1, 0.15) is 22.7 Å². The number of hydrogen-bond acceptors (Lipinski definition) is 6. The summed E-state index contributed by atoms with van der Waals surface area (Å²) in [5, 5.41) is 11.5. The molecule has 1 saturated heterocycles. The third-order valence-corrected chi connectivity index (χ3v) is 6.88. The number of rotatable bonds is 6. The largest absolute Gasteiger partial charge is 0.507 e. The summed E-state index contributed by atoms with van der Waals surface area (Å²) in [6.45, 7) is 5.92. The number of Topliss-reactive ketones (excluding diaryl/α,β-unsaturated/α-hetero) is 1. The number of anilines is 1. The maximum atomic E-state index is 13.5. The zero-order valence-corrected chi connectivity index (χ0v) is 20.1. The summed E-state index contributed by atoms with van der Waals surface area (Å²) < 4.78 is 19.9. The maximum absolute atomic E-state index is 13.5. The highest BCUT2D eigenvalue weighted by Crippen LogP contribution is 2.44. The number of aromatic nitrogens is 1. The predicted molar refractivity (Wildman–Crippen MR) is 138 cm³/mol. The SMILES string of the molecule is C=CCOc1ccc([C@@H]2/C(=C(\O)c3ccc(F)cc3)C(=O)C(=O)N2c2nc3ccc(C)cc3s2)cc1. The summed E-state index contributed by atoms with van der Waals surface area (Å²) in [5.74, 6) is -1.92. The number of aliphatic hydroxyl groups excluding tert-OH is 1. The Kier molecular flexibility index (Phi) is 6.12. The summed E-state index contributed by atoms with van der Waals surface area (Å²) in [7, 11) is 0. The number of carbonyl (C=O) groups excluding carboxylic acids is 2. The smallest absolute Gasteiger partial charge is 0.301 e. The van der Waals surface area contributed by atoms with Gasteiger partial charge < -0.3 is 9.84 Å². The van der Waals surface area contributed by atoms with Gasteiger partial charge in [0, 0.05) is 5.56 Å². The molecule has 1 aliphatic heterocycles. The quantitative estimate of drug-likeness (QED) is 0.154. The summed E-state index contributed by atoms with van der Waals surface area (Å²) in [5.41, 5.74) is 2.46. The Morgan fingerprint density at radius 2 is 1.86 bits per heavy atom. The van der Waals surface area contributed by atoms with Gasteiger partial charge in [-0.15, -0.1) is 0 Å². The number of halogens is 1. The van der Waals surface area contributed by atoms with Gasteiger partial charge in [0.05, 0.1) is 21.8 Å². The summed E-state index contributed by atoms with van der Waals surface area (Å²) in [6, 6.07) is 16.8. The van der Waals surface area contributed by atoms with Gasteiger partial charge in [0.2, 0.25) is 0 Å². The fraction of sp³-hybridized carbons (Fsp3) is 0.107. The first-order chi connectivity index (χ1) is 17.4. The lowest BCUT2D eigenvalue weighted by atomic mass is 9.95. The highest BCUT2D eigenvalue weighted by Gasteiger charge is 2.48. The molecule has 1 aliphatic rings. The number of aliphatic hydroxyl groups is 1. The molecule has 1 N–H and O–H groups in total. The van der Waals surface area contributed by atoms with Crippen molar-refractivity contribution in [2.75, 3.05) is 11.5 Å². The van der Waals surface area contributed by atoms with E-state index in [0.717, 1.165) is 10.3 Å². The van der Waals surface area contributed by atoms with Gasteiger partial charge in [-0.3, -0.25) is 14.5 Å². The van der Waals surface area contributed by atoms with Crippen LogP contribution in [0.4, 0.5) is 9.52 Å². The second-order valence-corrected chi connectivity index (χ2v) is 9.32. The number of amides is 1. The molecule has 0 aliphatic carbocycles. The van der Waals surface area contributed by atoms with Gasteiger partial charge in [0.25, 0.3) is 5.78 Å². The van der Waals surface area contributed by atoms with Crippen LogP contribution in [0.2, 0.25) is 0 Å². The van der Waals surface area contributed by atoms with E-state index in [0.29, 0.717) is 28.6 Å². The van der Waals surface area contributed by atoms with Crippen LogP contribution in [0.25, 0.3) is 16.0 Å². The lowest BCUT2D eigenvalue weighted by Crippen LogP contribution is -2.29. The monoisotopic (exact) mass is 500 g/mol. The number of fused-ring (bicyclic) bond motifs is 1. The molecule has 1 atom stereocenters. The molecule has 5 rings (SSSR count). The van der Waals surface area contributed by atoms with E-state index < -0.39 is 23.5 Å². The van der Waals surface area contributed by atoms with Crippen LogP contribution in [0.3, 0.4) is 0 Å². The summed E-state index contributed by atoms with van der Waals surface area (Å²) in [4.78, 5) is 32.6. The molecule has 180 valence electrons. The van der Waals surface area contributed by atoms with Gasteiger partial charge in [0.15, 0.2) is 5.13 Å². The number of carbonyl (C=O) groups is 2. The average molecular weight is 501 g/mol. The second kappa shape index (κ2) is 9.39. The third kappa shape index (κ3) is 4.16. The Hall–Kier alpha value is -4.30. The molecule has 36 heavy (non-hydrogen) atoms. The number of ether oxygens (including phenoxy) is 1. The van der Waals surface area contributed by atoms with Crippen molar-refractivity contribution in [3.63, 3.8) is 0 Å². The number of nitrogens with zero attached hydrogens (tertiary/aromatic N) is 2. The number of aryl methyl sites for hydroxylation is 1. The fourth-order valence-corrected chi connectivity index (χ4v) is 5.22. The van der Waals surface area contributed by atoms with E-state index in [9.17, 15) is 19.1 Å². The van der Waals surface area contributed by atoms with Gasteiger partial charge in [-0.05, 0) is 66.6 Å². The van der Waals surface area contributed by atoms with Gasteiger partial charge in [-0.2, -0.15) is 0 Å². The van der Waals surface area contributed by atoms with Crippen LogP contribution in [-0.4, -0.2) is 28.4 Å². The summed E-state index contributed by atoms with van der Waals surface area (Å²) in [6.07, 6.45) is 1.63. The first-order valence-corrected chi connectivity index (χ1v) is 12.0. The highest BCUT2D eigenvalue weighted by molar-refractivity contribution is 7.22. The van der Waals surface area contributed by atoms with Gasteiger partial charge in [-0.1, -0.05) is 42.2 Å². The Bertz CT molecular complexity index is 1520. The topological polar surface area (TPSA) is 79.7 Å². The minimum atomic E-state index is -0.940.